The highest BCUT2D eigenvalue weighted by Gasteiger charge is 2.41. The van der Waals surface area contributed by atoms with Gasteiger partial charge in [0, 0.05) is 37.2 Å². The van der Waals surface area contributed by atoms with Crippen LogP contribution in [-0.2, 0) is 10.9 Å². The third-order valence-corrected chi connectivity index (χ3v) is 5.74. The van der Waals surface area contributed by atoms with Crippen molar-refractivity contribution in [2.75, 3.05) is 13.2 Å². The Morgan fingerprint density at radius 2 is 1.81 bits per heavy atom. The first-order chi connectivity index (χ1) is 17.3. The van der Waals surface area contributed by atoms with Gasteiger partial charge in [0.05, 0.1) is 16.8 Å². The van der Waals surface area contributed by atoms with E-state index in [2.05, 4.69) is 25.0 Å². The van der Waals surface area contributed by atoms with Crippen molar-refractivity contribution in [2.45, 2.75) is 25.1 Å². The summed E-state index contributed by atoms with van der Waals surface area (Å²) < 4.78 is 65.6. The average Bonchev–Trinajstić information content (AvgIpc) is 3.53. The molecule has 1 N–H and O–H groups in total. The number of aromatic nitrogens is 4. The third kappa shape index (κ3) is 4.85. The second-order valence-corrected chi connectivity index (χ2v) is 8.17. The van der Waals surface area contributed by atoms with Gasteiger partial charge in [-0.1, -0.05) is 5.16 Å². The summed E-state index contributed by atoms with van der Waals surface area (Å²) in [4.78, 5) is 20.8. The van der Waals surface area contributed by atoms with E-state index in [9.17, 15) is 22.4 Å². The SMILES string of the molecule is O=C(NC1CCOCC1)c1ccc(-n2cnc(-c3c(-c4ccc(F)cc4)noc3C(F)(F)F)c2)nc1. The van der Waals surface area contributed by atoms with Crippen LogP contribution in [0.2, 0.25) is 0 Å². The molecule has 1 aromatic carbocycles. The number of hydrogen-bond donors (Lipinski definition) is 1. The smallest absolute Gasteiger partial charge is 0.381 e. The minimum atomic E-state index is -4.83. The molecule has 36 heavy (non-hydrogen) atoms. The van der Waals surface area contributed by atoms with Crippen LogP contribution in [0, 0.1) is 5.82 Å². The van der Waals surface area contributed by atoms with E-state index in [-0.39, 0.29) is 34.5 Å². The van der Waals surface area contributed by atoms with E-state index < -0.39 is 17.8 Å². The molecule has 0 radical (unpaired) electrons. The van der Waals surface area contributed by atoms with Crippen molar-refractivity contribution >= 4 is 5.91 Å². The molecule has 12 heteroatoms. The molecule has 4 aromatic rings. The summed E-state index contributed by atoms with van der Waals surface area (Å²) in [5.41, 5.74) is 0.0211. The van der Waals surface area contributed by atoms with E-state index in [4.69, 9.17) is 4.74 Å². The van der Waals surface area contributed by atoms with Crippen molar-refractivity contribution in [1.29, 1.82) is 0 Å². The number of hydrogen-bond acceptors (Lipinski definition) is 6. The zero-order valence-corrected chi connectivity index (χ0v) is 18.6. The van der Waals surface area contributed by atoms with Crippen LogP contribution in [0.5, 0.6) is 0 Å². The molecule has 3 aromatic heterocycles. The van der Waals surface area contributed by atoms with Gasteiger partial charge in [-0.25, -0.2) is 14.4 Å². The van der Waals surface area contributed by atoms with Crippen LogP contribution in [0.3, 0.4) is 0 Å². The maximum atomic E-state index is 13.7. The molecule has 0 saturated carbocycles. The fourth-order valence-electron chi connectivity index (χ4n) is 3.89. The van der Waals surface area contributed by atoms with Gasteiger partial charge in [-0.2, -0.15) is 13.2 Å². The zero-order chi connectivity index (χ0) is 25.3. The Morgan fingerprint density at radius 1 is 1.06 bits per heavy atom. The van der Waals surface area contributed by atoms with E-state index in [0.717, 1.165) is 25.0 Å². The molecule has 4 heterocycles. The Balaban J connectivity index is 1.42. The minimum absolute atomic E-state index is 0.0313. The van der Waals surface area contributed by atoms with Crippen LogP contribution in [0.15, 0.2) is 59.6 Å². The molecule has 8 nitrogen and oxygen atoms in total. The van der Waals surface area contributed by atoms with Crippen molar-refractivity contribution < 1.29 is 31.6 Å². The fourth-order valence-corrected chi connectivity index (χ4v) is 3.89. The summed E-state index contributed by atoms with van der Waals surface area (Å²) >= 11 is 0. The average molecular weight is 501 g/mol. The highest BCUT2D eigenvalue weighted by atomic mass is 19.4. The van der Waals surface area contributed by atoms with Crippen molar-refractivity contribution in [2.24, 2.45) is 0 Å². The van der Waals surface area contributed by atoms with Crippen LogP contribution in [0.4, 0.5) is 17.6 Å². The molecule has 1 saturated heterocycles. The normalized spacial score (nSPS) is 14.7. The number of carbonyl (C=O) groups excluding carboxylic acids is 1. The summed E-state index contributed by atoms with van der Waals surface area (Å²) in [6.07, 6.45) is 0.658. The number of halogens is 4. The summed E-state index contributed by atoms with van der Waals surface area (Å²) in [7, 11) is 0. The fraction of sp³-hybridized carbons (Fsp3) is 0.250. The monoisotopic (exact) mass is 501 g/mol. The molecule has 0 aliphatic carbocycles. The Hall–Kier alpha value is -4.06. The third-order valence-electron chi connectivity index (χ3n) is 5.74. The van der Waals surface area contributed by atoms with Gasteiger partial charge in [0.2, 0.25) is 5.76 Å². The Labute approximate surface area is 201 Å². The van der Waals surface area contributed by atoms with Gasteiger partial charge >= 0.3 is 6.18 Å². The Bertz CT molecular complexity index is 1360. The zero-order valence-electron chi connectivity index (χ0n) is 18.6. The van der Waals surface area contributed by atoms with Crippen LogP contribution < -0.4 is 5.32 Å². The number of benzene rings is 1. The lowest BCUT2D eigenvalue weighted by molar-refractivity contribution is -0.154. The van der Waals surface area contributed by atoms with Gasteiger partial charge in [-0.3, -0.25) is 9.36 Å². The van der Waals surface area contributed by atoms with Gasteiger partial charge in [0.25, 0.3) is 5.91 Å². The Morgan fingerprint density at radius 3 is 2.47 bits per heavy atom. The van der Waals surface area contributed by atoms with Gasteiger partial charge in [0.1, 0.15) is 23.7 Å². The maximum absolute atomic E-state index is 13.7. The van der Waals surface area contributed by atoms with Gasteiger partial charge in [-0.15, -0.1) is 0 Å². The molecule has 1 amide bonds. The van der Waals surface area contributed by atoms with Crippen LogP contribution in [0.25, 0.3) is 28.3 Å². The van der Waals surface area contributed by atoms with E-state index in [1.807, 2.05) is 0 Å². The minimum Gasteiger partial charge on any atom is -0.381 e. The molecule has 1 aliphatic heterocycles. The number of amides is 1. The molecular weight excluding hydrogens is 482 g/mol. The number of alkyl halides is 3. The van der Waals surface area contributed by atoms with E-state index >= 15 is 0 Å². The summed E-state index contributed by atoms with van der Waals surface area (Å²) in [6.45, 7) is 1.19. The first-order valence-corrected chi connectivity index (χ1v) is 11.0. The number of nitrogens with one attached hydrogen (secondary N) is 1. The molecule has 1 fully saturated rings. The molecule has 5 rings (SSSR count). The number of rotatable bonds is 5. The van der Waals surface area contributed by atoms with E-state index in [1.165, 1.54) is 35.4 Å². The quantitative estimate of drug-likeness (QED) is 0.400. The highest BCUT2D eigenvalue weighted by molar-refractivity contribution is 5.94. The number of ether oxygens (including phenoxy) is 1. The van der Waals surface area contributed by atoms with Gasteiger partial charge < -0.3 is 14.6 Å². The molecule has 0 spiro atoms. The van der Waals surface area contributed by atoms with Crippen molar-refractivity contribution in [3.63, 3.8) is 0 Å². The summed E-state index contributed by atoms with van der Waals surface area (Å²) in [5.74, 6) is -1.79. The lowest BCUT2D eigenvalue weighted by Gasteiger charge is -2.23. The predicted octanol–water partition coefficient (Wildman–Crippen LogP) is 4.66. The van der Waals surface area contributed by atoms with E-state index in [1.54, 1.807) is 12.1 Å². The van der Waals surface area contributed by atoms with Gasteiger partial charge in [0.15, 0.2) is 0 Å². The first-order valence-electron chi connectivity index (χ1n) is 11.0. The molecule has 0 bridgehead atoms. The predicted molar refractivity (Wildman–Crippen MR) is 119 cm³/mol. The van der Waals surface area contributed by atoms with Crippen molar-refractivity contribution in [3.05, 3.63) is 72.3 Å². The molecule has 0 atom stereocenters. The second kappa shape index (κ2) is 9.53. The van der Waals surface area contributed by atoms with Crippen LogP contribution in [-0.4, -0.2) is 44.9 Å². The standard InChI is InChI=1S/C24H19F4N5O3/c25-16-4-1-14(2-5-16)21-20(22(36-32-21)24(26,27)28)18-12-33(13-30-18)19-6-3-15(11-29-19)23(34)31-17-7-9-35-10-8-17/h1-6,11-13,17H,7-10H2,(H,31,34). The van der Waals surface area contributed by atoms with Crippen molar-refractivity contribution in [1.82, 2.24) is 25.0 Å². The number of imidazole rings is 1. The molecular formula is C24H19F4N5O3. The van der Waals surface area contributed by atoms with Crippen LogP contribution in [0.1, 0.15) is 29.0 Å². The summed E-state index contributed by atoms with van der Waals surface area (Å²) in [5, 5.41) is 6.52. The molecule has 186 valence electrons. The molecule has 0 unspecified atom stereocenters. The number of nitrogens with zero attached hydrogens (tertiary/aromatic N) is 4. The number of carbonyl (C=O) groups is 1. The van der Waals surface area contributed by atoms with Gasteiger partial charge in [-0.05, 0) is 49.2 Å². The maximum Gasteiger partial charge on any atom is 0.453 e. The largest absolute Gasteiger partial charge is 0.453 e. The molecule has 1 aliphatic rings. The lowest BCUT2D eigenvalue weighted by Crippen LogP contribution is -2.38. The lowest BCUT2D eigenvalue weighted by atomic mass is 10.0. The number of pyridine rings is 1. The summed E-state index contributed by atoms with van der Waals surface area (Å²) in [6, 6.07) is 8.00. The Kier molecular flexibility index (Phi) is 6.27. The first kappa shape index (κ1) is 23.7. The van der Waals surface area contributed by atoms with Crippen molar-refractivity contribution in [3.8, 4) is 28.3 Å². The topological polar surface area (TPSA) is 95.1 Å². The van der Waals surface area contributed by atoms with Crippen LogP contribution >= 0.6 is 0 Å². The van der Waals surface area contributed by atoms with E-state index in [0.29, 0.717) is 24.6 Å². The second-order valence-electron chi connectivity index (χ2n) is 8.17. The highest BCUT2D eigenvalue weighted by Crippen LogP contribution is 2.42.